The number of hydrogen-bond donors (Lipinski definition) is 3. The smallest absolute Gasteiger partial charge is 0.250 e. The summed E-state index contributed by atoms with van der Waals surface area (Å²) in [6, 6.07) is 1.46. The van der Waals surface area contributed by atoms with Crippen molar-refractivity contribution < 1.29 is 18.6 Å². The molecule has 0 spiro atoms. The molecule has 1 rings (SSSR count). The summed E-state index contributed by atoms with van der Waals surface area (Å²) in [7, 11) is -3.69. The van der Waals surface area contributed by atoms with E-state index in [1.54, 1.807) is 6.92 Å². The molecule has 0 aliphatic rings. The van der Waals surface area contributed by atoms with Gasteiger partial charge in [-0.25, -0.2) is 13.1 Å². The minimum atomic E-state index is -3.69. The molecule has 1 aromatic heterocycles. The van der Waals surface area contributed by atoms with Crippen LogP contribution in [-0.4, -0.2) is 37.4 Å². The highest BCUT2D eigenvalue weighted by atomic mass is 35.5. The Labute approximate surface area is 109 Å². The first-order valence-corrected chi connectivity index (χ1v) is 7.44. The second kappa shape index (κ2) is 5.21. The van der Waals surface area contributed by atoms with Crippen molar-refractivity contribution in [3.8, 4) is 0 Å². The van der Waals surface area contributed by atoms with Crippen molar-refractivity contribution in [2.24, 2.45) is 0 Å². The molecule has 0 amide bonds. The van der Waals surface area contributed by atoms with Gasteiger partial charge in [-0.2, -0.15) is 0 Å². The maximum Gasteiger partial charge on any atom is 0.250 e. The van der Waals surface area contributed by atoms with E-state index in [0.717, 1.165) is 11.3 Å². The molecule has 0 saturated carbocycles. The molecule has 1 heterocycles. The van der Waals surface area contributed by atoms with Crippen LogP contribution in [0.4, 0.5) is 0 Å². The van der Waals surface area contributed by atoms with Gasteiger partial charge >= 0.3 is 0 Å². The first kappa shape index (κ1) is 14.9. The van der Waals surface area contributed by atoms with Gasteiger partial charge in [0.1, 0.15) is 4.21 Å². The fraction of sp³-hybridized carbons (Fsp3) is 0.556. The molecule has 0 bridgehead atoms. The standard InChI is InChI=1S/C9H14ClNO4S2/c1-6-3-7(16-8(6)10)17(14,15)11-4-9(2,13)5-12/h3,11-13H,4-5H2,1-2H3. The lowest BCUT2D eigenvalue weighted by atomic mass is 10.1. The zero-order chi connectivity index (χ0) is 13.3. The average molecular weight is 300 g/mol. The Morgan fingerprint density at radius 1 is 1.59 bits per heavy atom. The third-order valence-corrected chi connectivity index (χ3v) is 5.51. The maximum atomic E-state index is 11.8. The van der Waals surface area contributed by atoms with Gasteiger partial charge in [-0.15, -0.1) is 11.3 Å². The number of halogens is 1. The first-order valence-electron chi connectivity index (χ1n) is 4.77. The van der Waals surface area contributed by atoms with Crippen LogP contribution in [0.1, 0.15) is 12.5 Å². The highest BCUT2D eigenvalue weighted by Gasteiger charge is 2.24. The quantitative estimate of drug-likeness (QED) is 0.748. The minimum absolute atomic E-state index is 0.0914. The van der Waals surface area contributed by atoms with E-state index in [2.05, 4.69) is 4.72 Å². The van der Waals surface area contributed by atoms with E-state index in [1.165, 1.54) is 13.0 Å². The van der Waals surface area contributed by atoms with Crippen molar-refractivity contribution in [2.75, 3.05) is 13.2 Å². The second-order valence-electron chi connectivity index (χ2n) is 4.00. The molecule has 3 N–H and O–H groups in total. The van der Waals surface area contributed by atoms with Gasteiger partial charge in [-0.3, -0.25) is 0 Å². The number of aryl methyl sites for hydroxylation is 1. The molecule has 1 unspecified atom stereocenters. The lowest BCUT2D eigenvalue weighted by Crippen LogP contribution is -2.43. The van der Waals surface area contributed by atoms with Gasteiger partial charge in [0.25, 0.3) is 0 Å². The monoisotopic (exact) mass is 299 g/mol. The van der Waals surface area contributed by atoms with Gasteiger partial charge in [-0.05, 0) is 25.5 Å². The van der Waals surface area contributed by atoms with Gasteiger partial charge in [0.05, 0.1) is 16.5 Å². The van der Waals surface area contributed by atoms with E-state index in [4.69, 9.17) is 16.7 Å². The molecule has 1 atom stereocenters. The van der Waals surface area contributed by atoms with Crippen LogP contribution in [0, 0.1) is 6.92 Å². The predicted molar refractivity (Wildman–Crippen MR) is 67.0 cm³/mol. The molecule has 5 nitrogen and oxygen atoms in total. The summed E-state index contributed by atoms with van der Waals surface area (Å²) in [6.07, 6.45) is 0. The summed E-state index contributed by atoms with van der Waals surface area (Å²) in [5.41, 5.74) is -0.797. The van der Waals surface area contributed by atoms with Gasteiger partial charge in [0.2, 0.25) is 10.0 Å². The van der Waals surface area contributed by atoms with Crippen molar-refractivity contribution in [1.29, 1.82) is 0 Å². The fourth-order valence-electron chi connectivity index (χ4n) is 0.942. The fourth-order valence-corrected chi connectivity index (χ4v) is 3.86. The highest BCUT2D eigenvalue weighted by molar-refractivity contribution is 7.91. The molecule has 0 aliphatic carbocycles. The van der Waals surface area contributed by atoms with Crippen LogP contribution in [0.25, 0.3) is 0 Å². The van der Waals surface area contributed by atoms with Gasteiger partial charge in [0.15, 0.2) is 0 Å². The Bertz CT molecular complexity index is 476. The zero-order valence-electron chi connectivity index (χ0n) is 9.40. The van der Waals surface area contributed by atoms with Crippen LogP contribution < -0.4 is 4.72 Å². The molecular weight excluding hydrogens is 286 g/mol. The van der Waals surface area contributed by atoms with E-state index in [-0.39, 0.29) is 10.8 Å². The van der Waals surface area contributed by atoms with Crippen LogP contribution in [0.5, 0.6) is 0 Å². The molecule has 0 fully saturated rings. The summed E-state index contributed by atoms with van der Waals surface area (Å²) < 4.78 is 26.3. The van der Waals surface area contributed by atoms with Crippen molar-refractivity contribution in [3.05, 3.63) is 16.0 Å². The normalized spacial score (nSPS) is 15.8. The Balaban J connectivity index is 2.83. The molecule has 0 aromatic carbocycles. The molecule has 0 saturated heterocycles. The molecule has 0 aliphatic heterocycles. The number of thiophene rings is 1. The second-order valence-corrected chi connectivity index (χ2v) is 7.65. The molecule has 8 heteroatoms. The third kappa shape index (κ3) is 3.90. The van der Waals surface area contributed by atoms with E-state index in [1.807, 2.05) is 0 Å². The Morgan fingerprint density at radius 2 is 2.18 bits per heavy atom. The summed E-state index contributed by atoms with van der Waals surface area (Å²) in [4.78, 5) is 0. The number of rotatable bonds is 5. The van der Waals surface area contributed by atoms with E-state index in [0.29, 0.717) is 9.90 Å². The molecule has 17 heavy (non-hydrogen) atoms. The van der Waals surface area contributed by atoms with E-state index >= 15 is 0 Å². The topological polar surface area (TPSA) is 86.6 Å². The highest BCUT2D eigenvalue weighted by Crippen LogP contribution is 2.29. The van der Waals surface area contributed by atoms with Crippen LogP contribution in [0.2, 0.25) is 4.34 Å². The number of nitrogens with one attached hydrogen (secondary N) is 1. The Morgan fingerprint density at radius 3 is 2.59 bits per heavy atom. The number of aliphatic hydroxyl groups is 2. The third-order valence-electron chi connectivity index (χ3n) is 2.08. The van der Waals surface area contributed by atoms with E-state index in [9.17, 15) is 13.5 Å². The van der Waals surface area contributed by atoms with Crippen molar-refractivity contribution >= 4 is 33.0 Å². The van der Waals surface area contributed by atoms with Crippen molar-refractivity contribution in [1.82, 2.24) is 4.72 Å². The molecular formula is C9H14ClNO4S2. The summed E-state index contributed by atoms with van der Waals surface area (Å²) >= 11 is 6.74. The minimum Gasteiger partial charge on any atom is -0.393 e. The number of sulfonamides is 1. The van der Waals surface area contributed by atoms with Crippen LogP contribution in [0.3, 0.4) is 0 Å². The van der Waals surface area contributed by atoms with Crippen LogP contribution in [-0.2, 0) is 10.0 Å². The average Bonchev–Trinajstić information content (AvgIpc) is 2.58. The van der Waals surface area contributed by atoms with E-state index < -0.39 is 22.2 Å². The largest absolute Gasteiger partial charge is 0.393 e. The van der Waals surface area contributed by atoms with Crippen molar-refractivity contribution in [3.63, 3.8) is 0 Å². The van der Waals surface area contributed by atoms with Gasteiger partial charge in [-0.1, -0.05) is 11.6 Å². The van der Waals surface area contributed by atoms with Gasteiger partial charge in [0, 0.05) is 6.54 Å². The lowest BCUT2D eigenvalue weighted by molar-refractivity contribution is 0.00682. The lowest BCUT2D eigenvalue weighted by Gasteiger charge is -2.20. The van der Waals surface area contributed by atoms with Crippen molar-refractivity contribution in [2.45, 2.75) is 23.7 Å². The molecule has 1 aromatic rings. The molecule has 98 valence electrons. The number of hydrogen-bond acceptors (Lipinski definition) is 5. The molecule has 0 radical (unpaired) electrons. The Hall–Kier alpha value is -0.180. The first-order chi connectivity index (χ1) is 7.68. The summed E-state index contributed by atoms with van der Waals surface area (Å²) in [5, 5.41) is 18.3. The summed E-state index contributed by atoms with van der Waals surface area (Å²) in [5.74, 6) is 0. The summed E-state index contributed by atoms with van der Waals surface area (Å²) in [6.45, 7) is 2.25. The zero-order valence-corrected chi connectivity index (χ0v) is 11.8. The Kier molecular flexibility index (Phi) is 4.56. The van der Waals surface area contributed by atoms with Crippen LogP contribution >= 0.6 is 22.9 Å². The number of aliphatic hydroxyl groups excluding tert-OH is 1. The SMILES string of the molecule is Cc1cc(S(=O)(=O)NCC(C)(O)CO)sc1Cl. The van der Waals surface area contributed by atoms with Crippen LogP contribution in [0.15, 0.2) is 10.3 Å². The maximum absolute atomic E-state index is 11.8. The predicted octanol–water partition coefficient (Wildman–Crippen LogP) is 0.732. The van der Waals surface area contributed by atoms with Gasteiger partial charge < -0.3 is 10.2 Å².